The second-order valence-corrected chi connectivity index (χ2v) is 15.0. The van der Waals surface area contributed by atoms with Crippen molar-refractivity contribution in [3.05, 3.63) is 24.8 Å². The Bertz CT molecular complexity index is 960. The normalized spacial score (nSPS) is 13.9. The molecule has 0 amide bonds. The summed E-state index contributed by atoms with van der Waals surface area (Å²) in [5.74, 6) is -2.39. The molecule has 0 saturated carbocycles. The van der Waals surface area contributed by atoms with Gasteiger partial charge in [-0.1, -0.05) is 128 Å². The predicted molar refractivity (Wildman–Crippen MR) is 203 cm³/mol. The molecule has 12 heteroatoms. The Morgan fingerprint density at radius 2 is 1.08 bits per heavy atom. The Balaban J connectivity index is 4.40. The first-order valence-electron chi connectivity index (χ1n) is 19.8. The van der Waals surface area contributed by atoms with Gasteiger partial charge in [0, 0.05) is 12.8 Å². The number of carboxylic acids is 1. The van der Waals surface area contributed by atoms with E-state index < -0.39 is 51.1 Å². The van der Waals surface area contributed by atoms with Gasteiger partial charge in [-0.3, -0.25) is 23.4 Å². The second-order valence-electron chi connectivity index (χ2n) is 13.5. The summed E-state index contributed by atoms with van der Waals surface area (Å²) >= 11 is 0. The number of carbonyl (C=O) groups is 3. The number of allylic oxidation sites excluding steroid dienone is 3. The van der Waals surface area contributed by atoms with Crippen molar-refractivity contribution in [3.8, 4) is 0 Å². The van der Waals surface area contributed by atoms with E-state index in [0.717, 1.165) is 64.2 Å². The Morgan fingerprint density at radius 1 is 0.647 bits per heavy atom. The molecule has 0 aromatic heterocycles. The molecule has 0 aliphatic carbocycles. The molecule has 0 bridgehead atoms. The van der Waals surface area contributed by atoms with E-state index >= 15 is 0 Å². The molecule has 0 fully saturated rings. The molecule has 51 heavy (non-hydrogen) atoms. The molecule has 0 saturated heterocycles. The lowest BCUT2D eigenvalue weighted by atomic mass is 10.0. The van der Waals surface area contributed by atoms with Gasteiger partial charge in [-0.05, 0) is 51.4 Å². The summed E-state index contributed by atoms with van der Waals surface area (Å²) in [6, 6.07) is -1.52. The topological polar surface area (TPSA) is 172 Å². The van der Waals surface area contributed by atoms with Gasteiger partial charge in [0.25, 0.3) is 0 Å². The van der Waals surface area contributed by atoms with Gasteiger partial charge in [0.15, 0.2) is 6.10 Å². The van der Waals surface area contributed by atoms with Gasteiger partial charge in [-0.25, -0.2) is 4.57 Å². The first kappa shape index (κ1) is 49.0. The largest absolute Gasteiger partial charge is 0.480 e. The van der Waals surface area contributed by atoms with Gasteiger partial charge in [-0.15, -0.1) is 6.58 Å². The first-order chi connectivity index (χ1) is 24.6. The number of carboxylic acid groups (broad SMARTS) is 1. The molecule has 11 nitrogen and oxygen atoms in total. The van der Waals surface area contributed by atoms with Crippen LogP contribution in [0.3, 0.4) is 0 Å². The lowest BCUT2D eigenvalue weighted by molar-refractivity contribution is -0.161. The minimum atomic E-state index is -4.71. The molecule has 0 rings (SSSR count). The smallest absolute Gasteiger partial charge is 0.472 e. The summed E-state index contributed by atoms with van der Waals surface area (Å²) in [5.41, 5.74) is 5.32. The van der Waals surface area contributed by atoms with Crippen molar-refractivity contribution in [2.75, 3.05) is 19.8 Å². The Morgan fingerprint density at radius 3 is 1.57 bits per heavy atom. The highest BCUT2D eigenvalue weighted by molar-refractivity contribution is 7.47. The summed E-state index contributed by atoms with van der Waals surface area (Å²) in [4.78, 5) is 45.8. The highest BCUT2D eigenvalue weighted by atomic mass is 31.2. The zero-order valence-electron chi connectivity index (χ0n) is 31.8. The van der Waals surface area contributed by atoms with E-state index in [-0.39, 0.29) is 19.4 Å². The fraction of sp³-hybridized carbons (Fsp3) is 0.821. The molecule has 0 aromatic rings. The van der Waals surface area contributed by atoms with E-state index in [9.17, 15) is 23.8 Å². The number of hydrogen-bond acceptors (Lipinski definition) is 9. The Hall–Kier alpha value is -2.04. The van der Waals surface area contributed by atoms with E-state index in [0.29, 0.717) is 12.8 Å². The third kappa shape index (κ3) is 34.8. The van der Waals surface area contributed by atoms with Crippen molar-refractivity contribution in [2.24, 2.45) is 5.73 Å². The molecule has 0 aromatic carbocycles. The van der Waals surface area contributed by atoms with E-state index in [2.05, 4.69) is 30.2 Å². The standard InChI is InChI=1S/C39H72NO10P/c1-3-5-7-9-11-13-15-17-18-19-21-23-25-27-29-31-38(42)50-35(33-48-51(45,46)49-34-36(40)39(43)44)32-47-37(41)30-28-26-24-22-20-16-14-12-10-8-6-4-2/h3,12,14,35-36H,1,4-11,13,15-34,40H2,2H3,(H,43,44)(H,45,46)/b14-12+/t35-,36+/m1/s1. The number of ether oxygens (including phenoxy) is 2. The van der Waals surface area contributed by atoms with Crippen LogP contribution in [0.1, 0.15) is 174 Å². The second kappa shape index (κ2) is 35.0. The fourth-order valence-corrected chi connectivity index (χ4v) is 6.17. The molecule has 0 aliphatic heterocycles. The van der Waals surface area contributed by atoms with Gasteiger partial charge >= 0.3 is 25.7 Å². The molecule has 0 heterocycles. The zero-order valence-corrected chi connectivity index (χ0v) is 32.7. The van der Waals surface area contributed by atoms with Crippen LogP contribution in [0.2, 0.25) is 0 Å². The maximum absolute atomic E-state index is 12.6. The van der Waals surface area contributed by atoms with Crippen molar-refractivity contribution in [1.29, 1.82) is 0 Å². The van der Waals surface area contributed by atoms with Crippen LogP contribution in [0, 0.1) is 0 Å². The number of nitrogens with two attached hydrogens (primary N) is 1. The number of esters is 2. The van der Waals surface area contributed by atoms with Crippen LogP contribution >= 0.6 is 7.82 Å². The predicted octanol–water partition coefficient (Wildman–Crippen LogP) is 9.89. The average Bonchev–Trinajstić information content (AvgIpc) is 3.10. The van der Waals surface area contributed by atoms with Crippen molar-refractivity contribution in [2.45, 2.75) is 186 Å². The Kier molecular flexibility index (Phi) is 33.6. The zero-order chi connectivity index (χ0) is 37.8. The first-order valence-corrected chi connectivity index (χ1v) is 21.3. The number of phosphoric ester groups is 1. The van der Waals surface area contributed by atoms with Crippen LogP contribution in [0.4, 0.5) is 0 Å². The number of hydrogen-bond donors (Lipinski definition) is 3. The third-order valence-corrected chi connectivity index (χ3v) is 9.52. The SMILES string of the molecule is C=CCCCCCCCCCCCCCCCC(=O)O[C@H](COC(=O)CCCCCCC/C=C/CCCCC)COP(=O)(O)OC[C@H](N)C(=O)O. The molecular weight excluding hydrogens is 673 g/mol. The fourth-order valence-electron chi connectivity index (χ4n) is 5.39. The van der Waals surface area contributed by atoms with Gasteiger partial charge in [0.1, 0.15) is 12.6 Å². The summed E-state index contributed by atoms with van der Waals surface area (Å²) in [6.45, 7) is 4.28. The lowest BCUT2D eigenvalue weighted by Crippen LogP contribution is -2.34. The molecule has 3 atom stereocenters. The lowest BCUT2D eigenvalue weighted by Gasteiger charge is -2.20. The van der Waals surface area contributed by atoms with E-state index in [1.165, 1.54) is 77.0 Å². The van der Waals surface area contributed by atoms with E-state index in [4.69, 9.17) is 24.8 Å². The summed E-state index contributed by atoms with van der Waals surface area (Å²) < 4.78 is 32.6. The molecule has 4 N–H and O–H groups in total. The van der Waals surface area contributed by atoms with Crippen LogP contribution < -0.4 is 5.73 Å². The average molecular weight is 746 g/mol. The molecule has 298 valence electrons. The quantitative estimate of drug-likeness (QED) is 0.0238. The van der Waals surface area contributed by atoms with Crippen molar-refractivity contribution in [1.82, 2.24) is 0 Å². The van der Waals surface area contributed by atoms with Gasteiger partial charge in [0.05, 0.1) is 13.2 Å². The van der Waals surface area contributed by atoms with Crippen molar-refractivity contribution in [3.63, 3.8) is 0 Å². The number of rotatable bonds is 38. The minimum Gasteiger partial charge on any atom is -0.480 e. The van der Waals surface area contributed by atoms with Crippen LogP contribution in [-0.2, 0) is 37.5 Å². The van der Waals surface area contributed by atoms with E-state index in [1.807, 2.05) is 6.08 Å². The van der Waals surface area contributed by atoms with E-state index in [1.54, 1.807) is 0 Å². The van der Waals surface area contributed by atoms with Crippen molar-refractivity contribution >= 4 is 25.7 Å². The summed E-state index contributed by atoms with van der Waals surface area (Å²) in [7, 11) is -4.71. The number of carbonyl (C=O) groups excluding carboxylic acids is 2. The number of unbranched alkanes of at least 4 members (excludes halogenated alkanes) is 21. The molecule has 0 aliphatic rings. The van der Waals surface area contributed by atoms with Crippen LogP contribution in [0.25, 0.3) is 0 Å². The van der Waals surface area contributed by atoms with Crippen LogP contribution in [-0.4, -0.2) is 59.9 Å². The summed E-state index contributed by atoms with van der Waals surface area (Å²) in [6.07, 6.45) is 32.8. The molecule has 0 spiro atoms. The highest BCUT2D eigenvalue weighted by Crippen LogP contribution is 2.43. The number of aliphatic carboxylic acids is 1. The number of phosphoric acid groups is 1. The third-order valence-electron chi connectivity index (χ3n) is 8.57. The molecule has 1 unspecified atom stereocenters. The monoisotopic (exact) mass is 745 g/mol. The molecular formula is C39H72NO10P. The van der Waals surface area contributed by atoms with Crippen LogP contribution in [0.5, 0.6) is 0 Å². The van der Waals surface area contributed by atoms with Crippen LogP contribution in [0.15, 0.2) is 24.8 Å². The van der Waals surface area contributed by atoms with Gasteiger partial charge in [-0.2, -0.15) is 0 Å². The minimum absolute atomic E-state index is 0.159. The Labute approximate surface area is 309 Å². The van der Waals surface area contributed by atoms with Gasteiger partial charge < -0.3 is 25.2 Å². The molecule has 0 radical (unpaired) electrons. The summed E-state index contributed by atoms with van der Waals surface area (Å²) in [5, 5.41) is 8.86. The highest BCUT2D eigenvalue weighted by Gasteiger charge is 2.28. The maximum Gasteiger partial charge on any atom is 0.472 e. The maximum atomic E-state index is 12.6. The van der Waals surface area contributed by atoms with Crippen molar-refractivity contribution < 1.29 is 47.5 Å². The van der Waals surface area contributed by atoms with Gasteiger partial charge in [0.2, 0.25) is 0 Å².